The van der Waals surface area contributed by atoms with Gasteiger partial charge in [0.1, 0.15) is 6.61 Å². The number of ether oxygens (including phenoxy) is 1. The van der Waals surface area contributed by atoms with E-state index in [1.54, 1.807) is 0 Å². The Labute approximate surface area is 97.9 Å². The number of hydrogen-bond donors (Lipinski definition) is 2. The second-order valence-electron chi connectivity index (χ2n) is 4.98. The van der Waals surface area contributed by atoms with Crippen molar-refractivity contribution in [2.45, 2.75) is 51.7 Å². The Morgan fingerprint density at radius 1 is 1.50 bits per heavy atom. The maximum absolute atomic E-state index is 11.4. The maximum atomic E-state index is 11.4. The lowest BCUT2D eigenvalue weighted by molar-refractivity contribution is -0.127. The summed E-state index contributed by atoms with van der Waals surface area (Å²) in [7, 11) is 0. The third-order valence-electron chi connectivity index (χ3n) is 2.98. The van der Waals surface area contributed by atoms with Crippen LogP contribution >= 0.6 is 0 Å². The van der Waals surface area contributed by atoms with E-state index in [-0.39, 0.29) is 24.7 Å². The average molecular weight is 228 g/mol. The van der Waals surface area contributed by atoms with Gasteiger partial charge in [-0.15, -0.1) is 0 Å². The van der Waals surface area contributed by atoms with E-state index in [1.165, 1.54) is 0 Å². The molecule has 4 nitrogen and oxygen atoms in total. The number of nitrogens with one attached hydrogen (secondary N) is 1. The third kappa shape index (κ3) is 4.94. The molecule has 2 atom stereocenters. The molecule has 1 rings (SSSR count). The van der Waals surface area contributed by atoms with E-state index in [2.05, 4.69) is 19.2 Å². The first-order chi connectivity index (χ1) is 7.59. The Morgan fingerprint density at radius 3 is 2.81 bits per heavy atom. The van der Waals surface area contributed by atoms with E-state index in [4.69, 9.17) is 10.5 Å². The topological polar surface area (TPSA) is 64.3 Å². The molecular weight excluding hydrogens is 204 g/mol. The van der Waals surface area contributed by atoms with Gasteiger partial charge in [-0.05, 0) is 31.6 Å². The number of hydrogen-bond acceptors (Lipinski definition) is 3. The summed E-state index contributed by atoms with van der Waals surface area (Å²) in [6.45, 7) is 5.16. The summed E-state index contributed by atoms with van der Waals surface area (Å²) in [6, 6.07) is 0.114. The second-order valence-corrected chi connectivity index (χ2v) is 4.98. The molecule has 1 saturated carbocycles. The summed E-state index contributed by atoms with van der Waals surface area (Å²) in [6.07, 6.45) is 4.20. The molecule has 0 bridgehead atoms. The summed E-state index contributed by atoms with van der Waals surface area (Å²) >= 11 is 0. The van der Waals surface area contributed by atoms with E-state index in [0.717, 1.165) is 32.2 Å². The minimum Gasteiger partial charge on any atom is -0.367 e. The van der Waals surface area contributed by atoms with Crippen LogP contribution in [0.3, 0.4) is 0 Å². The van der Waals surface area contributed by atoms with Gasteiger partial charge in [0.05, 0.1) is 6.10 Å². The molecule has 1 aliphatic rings. The first-order valence-corrected chi connectivity index (χ1v) is 6.23. The highest BCUT2D eigenvalue weighted by atomic mass is 16.5. The van der Waals surface area contributed by atoms with Crippen molar-refractivity contribution in [2.75, 3.05) is 13.2 Å². The smallest absolute Gasteiger partial charge is 0.246 e. The van der Waals surface area contributed by atoms with Crippen LogP contribution in [0.15, 0.2) is 0 Å². The molecule has 94 valence electrons. The lowest BCUT2D eigenvalue weighted by Crippen LogP contribution is -2.36. The summed E-state index contributed by atoms with van der Waals surface area (Å²) in [5, 5.41) is 2.85. The molecule has 2 unspecified atom stereocenters. The summed E-state index contributed by atoms with van der Waals surface area (Å²) in [5.74, 6) is 0.587. The molecule has 0 aromatic carbocycles. The van der Waals surface area contributed by atoms with E-state index < -0.39 is 0 Å². The van der Waals surface area contributed by atoms with Crippen LogP contribution in [0.5, 0.6) is 0 Å². The van der Waals surface area contributed by atoms with E-state index in [9.17, 15) is 4.79 Å². The van der Waals surface area contributed by atoms with Crippen LogP contribution in [0.2, 0.25) is 0 Å². The highest BCUT2D eigenvalue weighted by Gasteiger charge is 2.24. The highest BCUT2D eigenvalue weighted by molar-refractivity contribution is 5.77. The van der Waals surface area contributed by atoms with Gasteiger partial charge in [-0.2, -0.15) is 0 Å². The normalized spacial score (nSPS) is 25.0. The third-order valence-corrected chi connectivity index (χ3v) is 2.98. The van der Waals surface area contributed by atoms with Gasteiger partial charge in [0.2, 0.25) is 5.91 Å². The molecule has 1 fully saturated rings. The largest absolute Gasteiger partial charge is 0.367 e. The minimum absolute atomic E-state index is 0.0280. The molecule has 16 heavy (non-hydrogen) atoms. The van der Waals surface area contributed by atoms with Crippen molar-refractivity contribution in [2.24, 2.45) is 11.7 Å². The summed E-state index contributed by atoms with van der Waals surface area (Å²) in [4.78, 5) is 11.4. The minimum atomic E-state index is -0.0280. The zero-order valence-corrected chi connectivity index (χ0v) is 10.4. The van der Waals surface area contributed by atoms with Gasteiger partial charge in [0.15, 0.2) is 0 Å². The average Bonchev–Trinajstić information content (AvgIpc) is 2.60. The summed E-state index contributed by atoms with van der Waals surface area (Å²) < 4.78 is 5.50. The van der Waals surface area contributed by atoms with Crippen molar-refractivity contribution < 1.29 is 9.53 Å². The first-order valence-electron chi connectivity index (χ1n) is 6.23. The summed E-state index contributed by atoms with van der Waals surface area (Å²) in [5.41, 5.74) is 5.85. The molecule has 0 saturated heterocycles. The number of carbonyl (C=O) groups excluding carboxylic acids is 1. The predicted octanol–water partition coefficient (Wildman–Crippen LogP) is 1.05. The fourth-order valence-electron chi connectivity index (χ4n) is 1.90. The molecule has 4 heteroatoms. The van der Waals surface area contributed by atoms with E-state index in [0.29, 0.717) is 5.92 Å². The number of nitrogens with two attached hydrogens (primary N) is 1. The van der Waals surface area contributed by atoms with Crippen LogP contribution in [0.4, 0.5) is 0 Å². The first kappa shape index (κ1) is 13.5. The number of carbonyl (C=O) groups is 1. The quantitative estimate of drug-likeness (QED) is 0.714. The Kier molecular flexibility index (Phi) is 5.77. The monoisotopic (exact) mass is 228 g/mol. The van der Waals surface area contributed by atoms with Gasteiger partial charge in [-0.25, -0.2) is 0 Å². The predicted molar refractivity (Wildman–Crippen MR) is 64.0 cm³/mol. The number of rotatable bonds is 6. The van der Waals surface area contributed by atoms with Gasteiger partial charge in [-0.1, -0.05) is 13.8 Å². The van der Waals surface area contributed by atoms with Gasteiger partial charge in [-0.3, -0.25) is 4.79 Å². The fraction of sp³-hybridized carbons (Fsp3) is 0.917. The molecule has 0 aliphatic heterocycles. The Morgan fingerprint density at radius 2 is 2.25 bits per heavy atom. The van der Waals surface area contributed by atoms with Crippen molar-refractivity contribution in [3.63, 3.8) is 0 Å². The zero-order valence-electron chi connectivity index (χ0n) is 10.4. The lowest BCUT2D eigenvalue weighted by Gasteiger charge is -2.16. The van der Waals surface area contributed by atoms with Crippen LogP contribution in [0.1, 0.15) is 39.5 Å². The molecule has 0 spiro atoms. The van der Waals surface area contributed by atoms with E-state index in [1.807, 2.05) is 0 Å². The van der Waals surface area contributed by atoms with Crippen molar-refractivity contribution >= 4 is 5.91 Å². The Hall–Kier alpha value is -0.610. The second kappa shape index (κ2) is 6.86. The Balaban J connectivity index is 2.05. The van der Waals surface area contributed by atoms with Crippen molar-refractivity contribution in [1.29, 1.82) is 0 Å². The standard InChI is InChI=1S/C12H24N2O2/c1-9(2)6-7-14-12(15)8-16-11-5-3-4-10(11)13/h9-11H,3-8,13H2,1-2H3,(H,14,15). The van der Waals surface area contributed by atoms with Gasteiger partial charge < -0.3 is 15.8 Å². The molecule has 0 radical (unpaired) electrons. The van der Waals surface area contributed by atoms with E-state index >= 15 is 0 Å². The van der Waals surface area contributed by atoms with Crippen LogP contribution in [0, 0.1) is 5.92 Å². The highest BCUT2D eigenvalue weighted by Crippen LogP contribution is 2.19. The molecule has 3 N–H and O–H groups in total. The number of amides is 1. The van der Waals surface area contributed by atoms with Crippen molar-refractivity contribution in [3.8, 4) is 0 Å². The van der Waals surface area contributed by atoms with Crippen LogP contribution in [-0.4, -0.2) is 31.2 Å². The zero-order chi connectivity index (χ0) is 12.0. The Bertz CT molecular complexity index is 219. The maximum Gasteiger partial charge on any atom is 0.246 e. The van der Waals surface area contributed by atoms with Crippen LogP contribution < -0.4 is 11.1 Å². The lowest BCUT2D eigenvalue weighted by atomic mass is 10.1. The molecular formula is C12H24N2O2. The van der Waals surface area contributed by atoms with Crippen LogP contribution in [-0.2, 0) is 9.53 Å². The van der Waals surface area contributed by atoms with Gasteiger partial charge in [0, 0.05) is 12.6 Å². The molecule has 0 heterocycles. The molecule has 1 aliphatic carbocycles. The van der Waals surface area contributed by atoms with Gasteiger partial charge >= 0.3 is 0 Å². The van der Waals surface area contributed by atoms with Crippen molar-refractivity contribution in [3.05, 3.63) is 0 Å². The van der Waals surface area contributed by atoms with Gasteiger partial charge in [0.25, 0.3) is 0 Å². The fourth-order valence-corrected chi connectivity index (χ4v) is 1.90. The van der Waals surface area contributed by atoms with Crippen molar-refractivity contribution in [1.82, 2.24) is 5.32 Å². The molecule has 1 amide bonds. The SMILES string of the molecule is CC(C)CCNC(=O)COC1CCCC1N. The van der Waals surface area contributed by atoms with Crippen LogP contribution in [0.25, 0.3) is 0 Å². The molecule has 0 aromatic rings. The molecule has 0 aromatic heterocycles.